The van der Waals surface area contributed by atoms with Gasteiger partial charge in [0.1, 0.15) is 0 Å². The van der Waals surface area contributed by atoms with E-state index in [0.717, 1.165) is 23.0 Å². The highest BCUT2D eigenvalue weighted by Crippen LogP contribution is 2.40. The van der Waals surface area contributed by atoms with Crippen molar-refractivity contribution in [3.05, 3.63) is 64.2 Å². The fourth-order valence-corrected chi connectivity index (χ4v) is 3.62. The molecule has 7 nitrogen and oxygen atoms in total. The molecule has 1 heterocycles. The molecule has 0 fully saturated rings. The molecule has 3 rings (SSSR count). The molecule has 7 heteroatoms. The maximum Gasteiger partial charge on any atom is 0.329 e. The fourth-order valence-electron chi connectivity index (χ4n) is 3.62. The molecule has 0 saturated carbocycles. The molecule has 1 aliphatic rings. The monoisotopic (exact) mass is 408 g/mol. The SMILES string of the molecule is CC(=O)ONC(=O)c1cccc2c1C(=O)N(c1c(C(C)C)cccc1C(C)C)C2=O. The van der Waals surface area contributed by atoms with Crippen molar-refractivity contribution in [1.29, 1.82) is 0 Å². The first-order valence-corrected chi connectivity index (χ1v) is 9.77. The number of hydroxylamine groups is 1. The predicted molar refractivity (Wildman–Crippen MR) is 111 cm³/mol. The lowest BCUT2D eigenvalue weighted by Crippen LogP contribution is -2.32. The third kappa shape index (κ3) is 3.58. The van der Waals surface area contributed by atoms with Gasteiger partial charge < -0.3 is 4.84 Å². The molecule has 0 bridgehead atoms. The Labute approximate surface area is 175 Å². The molecule has 30 heavy (non-hydrogen) atoms. The third-order valence-corrected chi connectivity index (χ3v) is 5.01. The molecule has 2 aromatic carbocycles. The van der Waals surface area contributed by atoms with Crippen LogP contribution >= 0.6 is 0 Å². The number of imide groups is 1. The zero-order chi connectivity index (χ0) is 22.2. The molecule has 0 aromatic heterocycles. The van der Waals surface area contributed by atoms with Crippen LogP contribution in [0.25, 0.3) is 0 Å². The van der Waals surface area contributed by atoms with Crippen LogP contribution in [-0.4, -0.2) is 23.7 Å². The highest BCUT2D eigenvalue weighted by Gasteiger charge is 2.41. The highest BCUT2D eigenvalue weighted by molar-refractivity contribution is 6.36. The van der Waals surface area contributed by atoms with Crippen LogP contribution in [0.15, 0.2) is 36.4 Å². The molecule has 1 N–H and O–H groups in total. The van der Waals surface area contributed by atoms with E-state index in [1.54, 1.807) is 0 Å². The van der Waals surface area contributed by atoms with Crippen LogP contribution in [0, 0.1) is 0 Å². The number of rotatable bonds is 4. The number of fused-ring (bicyclic) bond motifs is 1. The summed E-state index contributed by atoms with van der Waals surface area (Å²) in [6.07, 6.45) is 0. The minimum Gasteiger partial charge on any atom is -0.341 e. The first-order chi connectivity index (χ1) is 14.1. The van der Waals surface area contributed by atoms with Crippen LogP contribution in [-0.2, 0) is 9.63 Å². The number of amides is 3. The van der Waals surface area contributed by atoms with Crippen molar-refractivity contribution < 1.29 is 24.0 Å². The summed E-state index contributed by atoms with van der Waals surface area (Å²) >= 11 is 0. The van der Waals surface area contributed by atoms with Gasteiger partial charge in [0.2, 0.25) is 0 Å². The van der Waals surface area contributed by atoms with Gasteiger partial charge in [0, 0.05) is 6.92 Å². The predicted octanol–water partition coefficient (Wildman–Crippen LogP) is 3.94. The molecule has 0 atom stereocenters. The second-order valence-electron chi connectivity index (χ2n) is 7.79. The number of hydrogen-bond acceptors (Lipinski definition) is 5. The Morgan fingerprint density at radius 3 is 2.00 bits per heavy atom. The van der Waals surface area contributed by atoms with Crippen LogP contribution in [0.3, 0.4) is 0 Å². The van der Waals surface area contributed by atoms with Gasteiger partial charge in [-0.1, -0.05) is 52.0 Å². The maximum absolute atomic E-state index is 13.4. The van der Waals surface area contributed by atoms with Crippen molar-refractivity contribution in [2.24, 2.45) is 0 Å². The van der Waals surface area contributed by atoms with E-state index in [4.69, 9.17) is 0 Å². The summed E-state index contributed by atoms with van der Waals surface area (Å²) in [5.41, 5.74) is 4.45. The number of nitrogens with one attached hydrogen (secondary N) is 1. The Balaban J connectivity index is 2.15. The molecule has 0 saturated heterocycles. The topological polar surface area (TPSA) is 92.8 Å². The fraction of sp³-hybridized carbons (Fsp3) is 0.304. The molecule has 0 aliphatic carbocycles. The van der Waals surface area contributed by atoms with E-state index in [-0.39, 0.29) is 28.5 Å². The summed E-state index contributed by atoms with van der Waals surface area (Å²) in [5, 5.41) is 0. The second kappa shape index (κ2) is 8.10. The first-order valence-electron chi connectivity index (χ1n) is 9.77. The number of carbonyl (C=O) groups excluding carboxylic acids is 4. The molecular weight excluding hydrogens is 384 g/mol. The number of carbonyl (C=O) groups is 4. The van der Waals surface area contributed by atoms with Gasteiger partial charge in [-0.3, -0.25) is 19.2 Å². The minimum absolute atomic E-state index is 0.000386. The molecule has 3 amide bonds. The van der Waals surface area contributed by atoms with E-state index in [2.05, 4.69) is 4.84 Å². The summed E-state index contributed by atoms with van der Waals surface area (Å²) in [7, 11) is 0. The maximum atomic E-state index is 13.4. The van der Waals surface area contributed by atoms with Gasteiger partial charge in [-0.2, -0.15) is 5.48 Å². The van der Waals surface area contributed by atoms with Gasteiger partial charge in [-0.15, -0.1) is 0 Å². The molecule has 2 aromatic rings. The van der Waals surface area contributed by atoms with Crippen LogP contribution in [0.5, 0.6) is 0 Å². The lowest BCUT2D eigenvalue weighted by atomic mass is 9.92. The Bertz CT molecular complexity index is 1030. The van der Waals surface area contributed by atoms with Gasteiger partial charge in [0.05, 0.1) is 22.4 Å². The van der Waals surface area contributed by atoms with Crippen molar-refractivity contribution >= 4 is 29.4 Å². The number of nitrogens with zero attached hydrogens (tertiary/aromatic N) is 1. The van der Waals surface area contributed by atoms with E-state index in [9.17, 15) is 19.2 Å². The summed E-state index contributed by atoms with van der Waals surface area (Å²) in [6, 6.07) is 10.2. The molecular formula is C23H24N2O5. The Morgan fingerprint density at radius 2 is 1.47 bits per heavy atom. The van der Waals surface area contributed by atoms with Gasteiger partial charge in [0.15, 0.2) is 0 Å². The average molecular weight is 408 g/mol. The van der Waals surface area contributed by atoms with Crippen molar-refractivity contribution in [3.63, 3.8) is 0 Å². The summed E-state index contributed by atoms with van der Waals surface area (Å²) in [5.74, 6) is -2.37. The largest absolute Gasteiger partial charge is 0.341 e. The number of anilines is 1. The smallest absolute Gasteiger partial charge is 0.329 e. The van der Waals surface area contributed by atoms with E-state index >= 15 is 0 Å². The van der Waals surface area contributed by atoms with Crippen LogP contribution < -0.4 is 10.4 Å². The first kappa shape index (κ1) is 21.2. The second-order valence-corrected chi connectivity index (χ2v) is 7.79. The lowest BCUT2D eigenvalue weighted by molar-refractivity contribution is -0.146. The zero-order valence-corrected chi connectivity index (χ0v) is 17.6. The van der Waals surface area contributed by atoms with Gasteiger partial charge >= 0.3 is 5.97 Å². The number of hydrogen-bond donors (Lipinski definition) is 1. The average Bonchev–Trinajstić information content (AvgIpc) is 2.95. The van der Waals surface area contributed by atoms with Crippen molar-refractivity contribution in [2.75, 3.05) is 4.90 Å². The molecule has 0 radical (unpaired) electrons. The van der Waals surface area contributed by atoms with Crippen molar-refractivity contribution in [3.8, 4) is 0 Å². The van der Waals surface area contributed by atoms with E-state index in [1.807, 2.05) is 51.4 Å². The lowest BCUT2D eigenvalue weighted by Gasteiger charge is -2.25. The Kier molecular flexibility index (Phi) is 5.73. The van der Waals surface area contributed by atoms with Crippen LogP contribution in [0.2, 0.25) is 0 Å². The van der Waals surface area contributed by atoms with Crippen molar-refractivity contribution in [2.45, 2.75) is 46.5 Å². The summed E-state index contributed by atoms with van der Waals surface area (Å²) in [4.78, 5) is 55.9. The highest BCUT2D eigenvalue weighted by atomic mass is 16.7. The number of para-hydroxylation sites is 1. The quantitative estimate of drug-likeness (QED) is 0.611. The summed E-state index contributed by atoms with van der Waals surface area (Å²) < 4.78 is 0. The zero-order valence-electron chi connectivity index (χ0n) is 17.6. The third-order valence-electron chi connectivity index (χ3n) is 5.01. The van der Waals surface area contributed by atoms with Crippen LogP contribution in [0.4, 0.5) is 5.69 Å². The van der Waals surface area contributed by atoms with Gasteiger partial charge in [-0.05, 0) is 35.1 Å². The van der Waals surface area contributed by atoms with E-state index in [0.29, 0.717) is 5.69 Å². The Morgan fingerprint density at radius 1 is 0.900 bits per heavy atom. The van der Waals surface area contributed by atoms with E-state index in [1.165, 1.54) is 18.2 Å². The van der Waals surface area contributed by atoms with Gasteiger partial charge in [0.25, 0.3) is 17.7 Å². The summed E-state index contributed by atoms with van der Waals surface area (Å²) in [6.45, 7) is 9.14. The molecule has 0 unspecified atom stereocenters. The molecule has 1 aliphatic heterocycles. The standard InChI is InChI=1S/C23H24N2O5/c1-12(2)15-8-6-9-16(13(3)4)20(15)25-22(28)18-11-7-10-17(19(18)23(25)29)21(27)24-30-14(5)26/h6-13H,1-5H3,(H,24,27). The molecule has 0 spiro atoms. The number of benzene rings is 2. The van der Waals surface area contributed by atoms with Gasteiger partial charge in [-0.25, -0.2) is 4.90 Å². The van der Waals surface area contributed by atoms with E-state index < -0.39 is 23.7 Å². The van der Waals surface area contributed by atoms with Crippen molar-refractivity contribution in [1.82, 2.24) is 5.48 Å². The van der Waals surface area contributed by atoms with Crippen LogP contribution in [0.1, 0.15) is 88.7 Å². The normalized spacial score (nSPS) is 13.1. The Hall–Kier alpha value is -3.48. The molecule has 156 valence electrons. The minimum atomic E-state index is -0.772.